The fraction of sp³-hybridized carbons (Fsp3) is 0.108. The zero-order chi connectivity index (χ0) is 100. The Kier molecular flexibility index (Phi) is 25.3. The highest BCUT2D eigenvalue weighted by Crippen LogP contribution is 2.49. The molecule has 0 atom stereocenters. The van der Waals surface area contributed by atoms with Gasteiger partial charge in [-0.15, -0.1) is 0 Å². The molecule has 0 nitrogen and oxygen atoms in total. The van der Waals surface area contributed by atoms with Crippen LogP contribution in [0.4, 0.5) is 0 Å². The van der Waals surface area contributed by atoms with Gasteiger partial charge < -0.3 is 0 Å². The first-order chi connectivity index (χ1) is 72.5. The molecular formula is C148H118. The van der Waals surface area contributed by atoms with Crippen molar-refractivity contribution in [3.8, 4) is 77.9 Å². The molecule has 0 radical (unpaired) electrons. The molecule has 0 unspecified atom stereocenters. The van der Waals surface area contributed by atoms with E-state index in [0.717, 1.165) is 44.9 Å². The van der Waals surface area contributed by atoms with Gasteiger partial charge in [0.25, 0.3) is 0 Å². The maximum absolute atomic E-state index is 2.36. The minimum absolute atomic E-state index is 1.08. The van der Waals surface area contributed by atoms with E-state index in [1.807, 2.05) is 0 Å². The van der Waals surface area contributed by atoms with E-state index in [0.29, 0.717) is 0 Å². The lowest BCUT2D eigenvalue weighted by atomic mass is 9.95. The summed E-state index contributed by atoms with van der Waals surface area (Å²) in [4.78, 5) is 0. The van der Waals surface area contributed by atoms with Crippen molar-refractivity contribution in [2.75, 3.05) is 0 Å². The Morgan fingerprint density at radius 1 is 0.122 bits per heavy atom. The quantitative estimate of drug-likeness (QED) is 0.133. The number of fused-ring (bicyclic) bond motifs is 35. The van der Waals surface area contributed by atoms with E-state index >= 15 is 0 Å². The summed E-state index contributed by atoms with van der Waals surface area (Å²) in [5, 5.41) is 24.4. The van der Waals surface area contributed by atoms with Crippen LogP contribution in [0.3, 0.4) is 0 Å². The normalized spacial score (nSPS) is 12.2. The SMILES string of the molecule is Cc1c2ccccc2cc2ccccc12.Cc1cc2c(c3ccccc13)-c1ccccc1C2.Cc1ccc2c(c1)-c1c(ccc3ccccc13)C2.Cc1ccc2c(c1)-c1ccccc1C2.Cc1ccc2c(c1)Cc1c-2ccc2ccccc12.Cc1ccc2c(c1)Cc1ccc3ccccc3c1-2.Cc1ccc2c(c1)Cc1ccccc1-2.Cc1ccc2c3c(ccc2c1)-c1ccccc1C3.Cc1ccc2cc3ccccc3cc2c1. The molecule has 0 heterocycles. The second-order valence-electron chi connectivity index (χ2n) is 41.7. The van der Waals surface area contributed by atoms with Crippen LogP contribution in [0.15, 0.2) is 467 Å². The zero-order valence-electron chi connectivity index (χ0n) is 85.9. The first-order valence-corrected chi connectivity index (χ1v) is 52.7. The largest absolute Gasteiger partial charge is 0.0619 e. The Hall–Kier alpha value is -17.2. The monoisotopic (exact) mass is 1890 g/mol. The number of rotatable bonds is 0. The number of benzene rings is 25. The minimum Gasteiger partial charge on any atom is -0.0619 e. The molecule has 0 saturated carbocycles. The highest BCUT2D eigenvalue weighted by Gasteiger charge is 2.28. The Balaban J connectivity index is 0.0000000891. The van der Waals surface area contributed by atoms with Crippen LogP contribution < -0.4 is 0 Å². The Bertz CT molecular complexity index is 9500. The Morgan fingerprint density at radius 2 is 0.392 bits per heavy atom. The van der Waals surface area contributed by atoms with Gasteiger partial charge in [0, 0.05) is 0 Å². The lowest BCUT2D eigenvalue weighted by molar-refractivity contribution is 1.25. The summed E-state index contributed by atoms with van der Waals surface area (Å²) in [6.45, 7) is 19.5. The highest BCUT2D eigenvalue weighted by molar-refractivity contribution is 6.07. The highest BCUT2D eigenvalue weighted by atomic mass is 14.3. The van der Waals surface area contributed by atoms with Gasteiger partial charge in [-0.25, -0.2) is 0 Å². The van der Waals surface area contributed by atoms with Crippen molar-refractivity contribution in [2.45, 2.75) is 107 Å². The van der Waals surface area contributed by atoms with Crippen LogP contribution in [-0.2, 0) is 44.9 Å². The standard InChI is InChI=1S/5C18H14.2C15H12.2C14H12/c1-12-10-14-11-13-6-2-3-8-16(13)18(14)17-9-5-4-7-15(12)17;1-12-6-9-17-15(10-12)11-14-8-7-13-4-2-3-5-16(13)18(14)17;1-12-6-8-16-14(10-12)7-9-17-15-5-3-2-4-13(15)11-18(16)17;1-12-6-8-16-14(10-12)11-18-15-5-3-2-4-13(15)7-9-17(16)18;1-12-6-7-14-11-15-9-8-13-4-2-3-5-16(13)18(15)17(14)10-12;1-11-14-8-4-2-6-12(14)10-13-7-3-5-9-15(11)13;1-11-6-7-14-9-12-4-2-3-5-13(12)10-15(14)8-11;1-10-6-7-14-12(8-10)9-11-4-2-3-5-13(11)14;1-10-6-7-12-9-11-4-2-3-5-13(11)14(12)8-10/h5*2-10H,11H2,1H3;2*2-10H,1H3;2*2-8H,9H2,1H3. The van der Waals surface area contributed by atoms with Gasteiger partial charge in [-0.1, -0.05) is 488 Å². The zero-order valence-corrected chi connectivity index (χ0v) is 85.9. The molecule has 0 N–H and O–H groups in total. The summed E-state index contributed by atoms with van der Waals surface area (Å²) >= 11 is 0. The summed E-state index contributed by atoms with van der Waals surface area (Å²) in [6.07, 6.45) is 7.60. The van der Waals surface area contributed by atoms with Crippen molar-refractivity contribution in [1.29, 1.82) is 0 Å². The molecule has 0 aromatic heterocycles. The van der Waals surface area contributed by atoms with E-state index in [9.17, 15) is 0 Å². The van der Waals surface area contributed by atoms with Gasteiger partial charge in [0.2, 0.25) is 0 Å². The first kappa shape index (κ1) is 93.2. The molecule has 0 saturated heterocycles. The molecule has 0 bridgehead atoms. The molecule has 0 aliphatic heterocycles. The third-order valence-corrected chi connectivity index (χ3v) is 31.6. The predicted octanol–water partition coefficient (Wildman–Crippen LogP) is 39.3. The summed E-state index contributed by atoms with van der Waals surface area (Å²) in [5.74, 6) is 0. The van der Waals surface area contributed by atoms with E-state index in [2.05, 4.69) is 529 Å². The van der Waals surface area contributed by atoms with Crippen LogP contribution >= 0.6 is 0 Å². The second kappa shape index (κ2) is 40.1. The molecule has 25 aromatic carbocycles. The van der Waals surface area contributed by atoms with Gasteiger partial charge in [-0.05, 0) is 389 Å². The molecule has 0 heteroatoms. The van der Waals surface area contributed by atoms with Crippen LogP contribution in [0.2, 0.25) is 0 Å². The van der Waals surface area contributed by atoms with E-state index < -0.39 is 0 Å². The van der Waals surface area contributed by atoms with Crippen molar-refractivity contribution in [1.82, 2.24) is 0 Å². The van der Waals surface area contributed by atoms with Crippen LogP contribution in [0.5, 0.6) is 0 Å². The third kappa shape index (κ3) is 18.3. The van der Waals surface area contributed by atoms with Gasteiger partial charge in [0.05, 0.1) is 0 Å². The van der Waals surface area contributed by atoms with Crippen molar-refractivity contribution in [3.63, 3.8) is 0 Å². The molecule has 7 aliphatic carbocycles. The van der Waals surface area contributed by atoms with Crippen molar-refractivity contribution >= 4 is 97.0 Å². The van der Waals surface area contributed by atoms with Crippen LogP contribution in [0.25, 0.3) is 175 Å². The van der Waals surface area contributed by atoms with E-state index in [1.165, 1.54) is 303 Å². The van der Waals surface area contributed by atoms with Crippen LogP contribution in [0, 0.1) is 62.3 Å². The molecule has 710 valence electrons. The third-order valence-electron chi connectivity index (χ3n) is 31.6. The average molecular weight is 1900 g/mol. The van der Waals surface area contributed by atoms with Crippen LogP contribution in [0.1, 0.15) is 128 Å². The molecule has 25 aromatic rings. The fourth-order valence-electron chi connectivity index (χ4n) is 24.4. The van der Waals surface area contributed by atoms with E-state index in [4.69, 9.17) is 0 Å². The Labute approximate surface area is 870 Å². The van der Waals surface area contributed by atoms with Gasteiger partial charge in [0.1, 0.15) is 0 Å². The van der Waals surface area contributed by atoms with Gasteiger partial charge >= 0.3 is 0 Å². The van der Waals surface area contributed by atoms with Crippen molar-refractivity contribution < 1.29 is 0 Å². The fourth-order valence-corrected chi connectivity index (χ4v) is 24.4. The van der Waals surface area contributed by atoms with Gasteiger partial charge in [-0.3, -0.25) is 0 Å². The maximum Gasteiger partial charge on any atom is -0.000719 e. The van der Waals surface area contributed by atoms with Gasteiger partial charge in [0.15, 0.2) is 0 Å². The second-order valence-corrected chi connectivity index (χ2v) is 41.7. The molecule has 32 rings (SSSR count). The molecule has 0 spiro atoms. The minimum atomic E-state index is 1.08. The summed E-state index contributed by atoms with van der Waals surface area (Å²) in [6, 6.07) is 170. The average Bonchev–Trinajstić information content (AvgIpc) is 1.60. The first-order valence-electron chi connectivity index (χ1n) is 52.7. The number of hydrogen-bond acceptors (Lipinski definition) is 0. The lowest BCUT2D eigenvalue weighted by Gasteiger charge is -2.09. The molecule has 7 aliphatic rings. The van der Waals surface area contributed by atoms with Crippen molar-refractivity contribution in [2.24, 2.45) is 0 Å². The van der Waals surface area contributed by atoms with Crippen LogP contribution in [-0.4, -0.2) is 0 Å². The summed E-state index contributed by atoms with van der Waals surface area (Å²) in [5.41, 5.74) is 52.8. The summed E-state index contributed by atoms with van der Waals surface area (Å²) in [7, 11) is 0. The number of aryl methyl sites for hydroxylation is 9. The van der Waals surface area contributed by atoms with E-state index in [-0.39, 0.29) is 0 Å². The Morgan fingerprint density at radius 3 is 0.980 bits per heavy atom. The predicted molar refractivity (Wildman–Crippen MR) is 636 cm³/mol. The molecular weight excluding hydrogens is 1780 g/mol. The molecule has 0 fully saturated rings. The molecule has 0 amide bonds. The number of hydrogen-bond donors (Lipinski definition) is 0. The molecule has 148 heavy (non-hydrogen) atoms. The van der Waals surface area contributed by atoms with Gasteiger partial charge in [-0.2, -0.15) is 0 Å². The smallest absolute Gasteiger partial charge is 0.000719 e. The lowest BCUT2D eigenvalue weighted by Crippen LogP contribution is -1.86. The maximum atomic E-state index is 2.36. The summed E-state index contributed by atoms with van der Waals surface area (Å²) < 4.78 is 0. The van der Waals surface area contributed by atoms with Crippen molar-refractivity contribution in [3.05, 3.63) is 595 Å². The topological polar surface area (TPSA) is 0 Å². The van der Waals surface area contributed by atoms with E-state index in [1.54, 1.807) is 0 Å².